The van der Waals surface area contributed by atoms with Gasteiger partial charge in [-0.1, -0.05) is 19.1 Å². The molecule has 0 amide bonds. The summed E-state index contributed by atoms with van der Waals surface area (Å²) in [5, 5.41) is 3.66. The van der Waals surface area contributed by atoms with Gasteiger partial charge in [0.2, 0.25) is 0 Å². The quantitative estimate of drug-likeness (QED) is 0.925. The van der Waals surface area contributed by atoms with Crippen LogP contribution in [0.2, 0.25) is 0 Å². The molecule has 1 N–H and O–H groups in total. The number of hydrogen-bond acceptors (Lipinski definition) is 3. The van der Waals surface area contributed by atoms with Gasteiger partial charge in [-0.05, 0) is 48.6 Å². The number of rotatable bonds is 3. The zero-order valence-corrected chi connectivity index (χ0v) is 13.1. The molecular formula is C17H21NOS. The van der Waals surface area contributed by atoms with Crippen molar-refractivity contribution in [2.45, 2.75) is 32.7 Å². The van der Waals surface area contributed by atoms with Crippen LogP contribution in [0.5, 0.6) is 5.75 Å². The molecule has 2 heterocycles. The third kappa shape index (κ3) is 2.25. The lowest BCUT2D eigenvalue weighted by Gasteiger charge is -2.25. The largest absolute Gasteiger partial charge is 0.497 e. The summed E-state index contributed by atoms with van der Waals surface area (Å²) in [7, 11) is 1.71. The Morgan fingerprint density at radius 3 is 2.70 bits per heavy atom. The first-order valence-electron chi connectivity index (χ1n) is 7.23. The maximum Gasteiger partial charge on any atom is 0.118 e. The van der Waals surface area contributed by atoms with Gasteiger partial charge >= 0.3 is 0 Å². The molecule has 0 bridgehead atoms. The number of aryl methyl sites for hydroxylation is 1. The number of fused-ring (bicyclic) bond motifs is 1. The second-order valence-corrected chi connectivity index (χ2v) is 6.50. The van der Waals surface area contributed by atoms with Gasteiger partial charge in [0.1, 0.15) is 5.75 Å². The highest BCUT2D eigenvalue weighted by molar-refractivity contribution is 7.12. The van der Waals surface area contributed by atoms with Crippen LogP contribution in [0, 0.1) is 6.92 Å². The maximum atomic E-state index is 5.25. The van der Waals surface area contributed by atoms with Crippen LogP contribution in [0.15, 0.2) is 24.3 Å². The molecule has 0 radical (unpaired) electrons. The van der Waals surface area contributed by atoms with Crippen molar-refractivity contribution in [3.8, 4) is 5.75 Å². The van der Waals surface area contributed by atoms with Gasteiger partial charge < -0.3 is 10.1 Å². The minimum Gasteiger partial charge on any atom is -0.497 e. The topological polar surface area (TPSA) is 21.3 Å². The van der Waals surface area contributed by atoms with E-state index in [-0.39, 0.29) is 0 Å². The first-order valence-corrected chi connectivity index (χ1v) is 8.04. The molecule has 1 aromatic carbocycles. The van der Waals surface area contributed by atoms with Gasteiger partial charge in [0.15, 0.2) is 0 Å². The van der Waals surface area contributed by atoms with Crippen molar-refractivity contribution < 1.29 is 4.74 Å². The number of nitrogens with one attached hydrogen (secondary N) is 1. The first kappa shape index (κ1) is 13.7. The zero-order chi connectivity index (χ0) is 14.1. The smallest absolute Gasteiger partial charge is 0.118 e. The van der Waals surface area contributed by atoms with Gasteiger partial charge in [0, 0.05) is 16.3 Å². The summed E-state index contributed by atoms with van der Waals surface area (Å²) in [5.74, 6) is 0.918. The molecule has 0 saturated heterocycles. The fourth-order valence-corrected chi connectivity index (χ4v) is 4.53. The van der Waals surface area contributed by atoms with E-state index >= 15 is 0 Å². The van der Waals surface area contributed by atoms with E-state index < -0.39 is 0 Å². The molecule has 1 aliphatic heterocycles. The van der Waals surface area contributed by atoms with E-state index in [2.05, 4.69) is 31.3 Å². The molecule has 0 aliphatic carbocycles. The average molecular weight is 287 g/mol. The SMILES string of the molecule is CCc1c(C)sc2c1CCNC2c1ccc(OC)cc1. The lowest BCUT2D eigenvalue weighted by atomic mass is 9.93. The van der Waals surface area contributed by atoms with Gasteiger partial charge in [0.25, 0.3) is 0 Å². The van der Waals surface area contributed by atoms with Gasteiger partial charge in [-0.2, -0.15) is 0 Å². The molecule has 1 aromatic heterocycles. The second kappa shape index (κ2) is 5.58. The summed E-state index contributed by atoms with van der Waals surface area (Å²) in [6.45, 7) is 5.58. The Bertz CT molecular complexity index is 600. The third-order valence-electron chi connectivity index (χ3n) is 4.14. The standard InChI is InChI=1S/C17H21NOS/c1-4-14-11(2)20-17-15(14)9-10-18-16(17)12-5-7-13(19-3)8-6-12/h5-8,16,18H,4,9-10H2,1-3H3. The molecule has 1 unspecified atom stereocenters. The van der Waals surface area contributed by atoms with Crippen LogP contribution in [0.1, 0.15) is 39.4 Å². The van der Waals surface area contributed by atoms with Crippen LogP contribution in [0.25, 0.3) is 0 Å². The summed E-state index contributed by atoms with van der Waals surface area (Å²) in [6, 6.07) is 8.78. The predicted molar refractivity (Wildman–Crippen MR) is 85.0 cm³/mol. The van der Waals surface area contributed by atoms with Crippen molar-refractivity contribution in [1.29, 1.82) is 0 Å². The highest BCUT2D eigenvalue weighted by Gasteiger charge is 2.26. The summed E-state index contributed by atoms with van der Waals surface area (Å²) >= 11 is 1.96. The van der Waals surface area contributed by atoms with E-state index in [4.69, 9.17) is 4.74 Å². The summed E-state index contributed by atoms with van der Waals surface area (Å²) in [5.41, 5.74) is 4.50. The molecule has 0 saturated carbocycles. The van der Waals surface area contributed by atoms with E-state index in [0.29, 0.717) is 6.04 Å². The predicted octanol–water partition coefficient (Wildman–Crippen LogP) is 3.86. The Labute approximate surface area is 124 Å². The van der Waals surface area contributed by atoms with Crippen LogP contribution in [0.4, 0.5) is 0 Å². The van der Waals surface area contributed by atoms with Crippen molar-refractivity contribution in [2.75, 3.05) is 13.7 Å². The number of ether oxygens (including phenoxy) is 1. The lowest BCUT2D eigenvalue weighted by Crippen LogP contribution is -2.29. The minimum absolute atomic E-state index is 0.341. The molecule has 3 rings (SSSR count). The normalized spacial score (nSPS) is 17.9. The highest BCUT2D eigenvalue weighted by atomic mass is 32.1. The van der Waals surface area contributed by atoms with Crippen molar-refractivity contribution in [3.05, 3.63) is 50.7 Å². The molecular weight excluding hydrogens is 266 g/mol. The van der Waals surface area contributed by atoms with Gasteiger partial charge in [-0.3, -0.25) is 0 Å². The summed E-state index contributed by atoms with van der Waals surface area (Å²) < 4.78 is 5.25. The number of benzene rings is 1. The Balaban J connectivity index is 2.00. The Morgan fingerprint density at radius 1 is 1.30 bits per heavy atom. The van der Waals surface area contributed by atoms with Crippen molar-refractivity contribution in [3.63, 3.8) is 0 Å². The fraction of sp³-hybridized carbons (Fsp3) is 0.412. The Hall–Kier alpha value is -1.32. The molecule has 2 nitrogen and oxygen atoms in total. The van der Waals surface area contributed by atoms with Crippen molar-refractivity contribution >= 4 is 11.3 Å². The Morgan fingerprint density at radius 2 is 2.05 bits per heavy atom. The summed E-state index contributed by atoms with van der Waals surface area (Å²) in [4.78, 5) is 3.00. The first-order chi connectivity index (χ1) is 9.74. The average Bonchev–Trinajstić information content (AvgIpc) is 2.82. The molecule has 1 atom stereocenters. The molecule has 20 heavy (non-hydrogen) atoms. The van der Waals surface area contributed by atoms with Crippen LogP contribution in [-0.2, 0) is 12.8 Å². The van der Waals surface area contributed by atoms with E-state index in [1.807, 2.05) is 23.5 Å². The van der Waals surface area contributed by atoms with Crippen LogP contribution >= 0.6 is 11.3 Å². The molecule has 106 valence electrons. The van der Waals surface area contributed by atoms with Crippen molar-refractivity contribution in [1.82, 2.24) is 5.32 Å². The molecule has 0 spiro atoms. The van der Waals surface area contributed by atoms with Crippen molar-refractivity contribution in [2.24, 2.45) is 0 Å². The molecule has 2 aromatic rings. The van der Waals surface area contributed by atoms with E-state index in [9.17, 15) is 0 Å². The van der Waals surface area contributed by atoms with Crippen LogP contribution in [0.3, 0.4) is 0 Å². The van der Waals surface area contributed by atoms with Crippen LogP contribution in [-0.4, -0.2) is 13.7 Å². The monoisotopic (exact) mass is 287 g/mol. The number of thiophene rings is 1. The minimum atomic E-state index is 0.341. The molecule has 3 heteroatoms. The number of hydrogen-bond donors (Lipinski definition) is 1. The third-order valence-corrected chi connectivity index (χ3v) is 5.39. The maximum absolute atomic E-state index is 5.25. The van der Waals surface area contributed by atoms with Gasteiger partial charge in [0.05, 0.1) is 13.2 Å². The molecule has 1 aliphatic rings. The Kier molecular flexibility index (Phi) is 3.81. The van der Waals surface area contributed by atoms with E-state index in [0.717, 1.165) is 25.1 Å². The number of methoxy groups -OCH3 is 1. The summed E-state index contributed by atoms with van der Waals surface area (Å²) in [6.07, 6.45) is 2.31. The van der Waals surface area contributed by atoms with Gasteiger partial charge in [-0.15, -0.1) is 11.3 Å². The van der Waals surface area contributed by atoms with Crippen LogP contribution < -0.4 is 10.1 Å². The van der Waals surface area contributed by atoms with Gasteiger partial charge in [-0.25, -0.2) is 0 Å². The molecule has 0 fully saturated rings. The van der Waals surface area contributed by atoms with E-state index in [1.165, 1.54) is 15.3 Å². The highest BCUT2D eigenvalue weighted by Crippen LogP contribution is 2.38. The second-order valence-electron chi connectivity index (χ2n) is 5.24. The lowest BCUT2D eigenvalue weighted by molar-refractivity contribution is 0.414. The fourth-order valence-electron chi connectivity index (χ4n) is 3.12. The van der Waals surface area contributed by atoms with E-state index in [1.54, 1.807) is 18.2 Å². The zero-order valence-electron chi connectivity index (χ0n) is 12.3.